The maximum absolute atomic E-state index is 3.79. The van der Waals surface area contributed by atoms with Gasteiger partial charge in [0.1, 0.15) is 0 Å². The minimum Gasteiger partial charge on any atom is -0.314 e. The third kappa shape index (κ3) is 3.52. The fraction of sp³-hybridized carbons (Fsp3) is 0.875. The van der Waals surface area contributed by atoms with E-state index in [1.54, 1.807) is 0 Å². The lowest BCUT2D eigenvalue weighted by atomic mass is 10.2. The Kier molecular flexibility index (Phi) is 3.05. The summed E-state index contributed by atoms with van der Waals surface area (Å²) in [4.78, 5) is 0. The average molecular weight is 126 g/mol. The molecule has 1 saturated carbocycles. The fourth-order valence-corrected chi connectivity index (χ4v) is 0.895. The highest BCUT2D eigenvalue weighted by Gasteiger charge is 2.19. The van der Waals surface area contributed by atoms with Crippen LogP contribution < -0.4 is 5.32 Å². The van der Waals surface area contributed by atoms with Gasteiger partial charge in [0.15, 0.2) is 0 Å². The molecule has 0 aromatic rings. The summed E-state index contributed by atoms with van der Waals surface area (Å²) in [5.74, 6) is 0. The van der Waals surface area contributed by atoms with Crippen LogP contribution in [0.15, 0.2) is 0 Å². The normalized spacial score (nSPS) is 18.3. The Bertz CT molecular complexity index is 67.0. The van der Waals surface area contributed by atoms with Gasteiger partial charge in [-0.2, -0.15) is 0 Å². The molecule has 1 heteroatoms. The summed E-state index contributed by atoms with van der Waals surface area (Å²) in [6, 6.07) is 0.884. The highest BCUT2D eigenvalue weighted by molar-refractivity contribution is 4.80. The number of hydrogen-bond acceptors (Lipinski definition) is 1. The van der Waals surface area contributed by atoms with E-state index in [1.807, 2.05) is 0 Å². The predicted molar refractivity (Wildman–Crippen MR) is 40.2 cm³/mol. The molecular formula is C8H16N. The molecule has 1 rings (SSSR count). The smallest absolute Gasteiger partial charge is 0.00682 e. The third-order valence-corrected chi connectivity index (χ3v) is 1.69. The monoisotopic (exact) mass is 126 g/mol. The van der Waals surface area contributed by atoms with Crippen LogP contribution in [0.5, 0.6) is 0 Å². The predicted octanol–water partition coefficient (Wildman–Crippen LogP) is 1.74. The largest absolute Gasteiger partial charge is 0.314 e. The lowest BCUT2D eigenvalue weighted by Crippen LogP contribution is -2.17. The molecule has 0 aromatic carbocycles. The SMILES string of the molecule is [CH2]CCCCNC1CC1. The van der Waals surface area contributed by atoms with E-state index in [2.05, 4.69) is 12.2 Å². The van der Waals surface area contributed by atoms with Gasteiger partial charge < -0.3 is 5.32 Å². The summed E-state index contributed by atoms with van der Waals surface area (Å²) < 4.78 is 0. The van der Waals surface area contributed by atoms with Crippen molar-refractivity contribution in [2.24, 2.45) is 0 Å². The highest BCUT2D eigenvalue weighted by Crippen LogP contribution is 2.18. The van der Waals surface area contributed by atoms with E-state index in [0.717, 1.165) is 12.5 Å². The minimum absolute atomic E-state index is 0.884. The molecule has 1 radical (unpaired) electrons. The van der Waals surface area contributed by atoms with E-state index in [-0.39, 0.29) is 0 Å². The first kappa shape index (κ1) is 7.07. The molecule has 53 valence electrons. The standard InChI is InChI=1S/C8H16N/c1-2-3-4-7-9-8-5-6-8/h8-9H,1-7H2. The lowest BCUT2D eigenvalue weighted by Gasteiger charge is -1.99. The van der Waals surface area contributed by atoms with E-state index in [9.17, 15) is 0 Å². The Morgan fingerprint density at radius 2 is 2.11 bits per heavy atom. The van der Waals surface area contributed by atoms with Crippen LogP contribution in [0.1, 0.15) is 32.1 Å². The zero-order chi connectivity index (χ0) is 6.53. The summed E-state index contributed by atoms with van der Waals surface area (Å²) >= 11 is 0. The summed E-state index contributed by atoms with van der Waals surface area (Å²) in [7, 11) is 0. The molecule has 0 unspecified atom stereocenters. The van der Waals surface area contributed by atoms with Gasteiger partial charge in [0, 0.05) is 6.04 Å². The van der Waals surface area contributed by atoms with Gasteiger partial charge in [-0.25, -0.2) is 0 Å². The van der Waals surface area contributed by atoms with E-state index in [0.29, 0.717) is 0 Å². The van der Waals surface area contributed by atoms with E-state index in [1.165, 1.54) is 32.2 Å². The molecule has 1 fully saturated rings. The van der Waals surface area contributed by atoms with Crippen LogP contribution >= 0.6 is 0 Å². The Hall–Kier alpha value is -0.0400. The number of unbranched alkanes of at least 4 members (excludes halogenated alkanes) is 2. The zero-order valence-electron chi connectivity index (χ0n) is 6.03. The van der Waals surface area contributed by atoms with E-state index >= 15 is 0 Å². The molecule has 0 atom stereocenters. The molecule has 1 N–H and O–H groups in total. The summed E-state index contributed by atoms with van der Waals surface area (Å²) in [5, 5.41) is 3.46. The number of hydrogen-bond donors (Lipinski definition) is 1. The van der Waals surface area contributed by atoms with Gasteiger partial charge in [-0.3, -0.25) is 0 Å². The molecule has 1 aliphatic rings. The fourth-order valence-electron chi connectivity index (χ4n) is 0.895. The molecular weight excluding hydrogens is 110 g/mol. The van der Waals surface area contributed by atoms with Gasteiger partial charge >= 0.3 is 0 Å². The van der Waals surface area contributed by atoms with Crippen molar-refractivity contribution in [3.8, 4) is 0 Å². The van der Waals surface area contributed by atoms with Crippen LogP contribution in [0.4, 0.5) is 0 Å². The molecule has 1 nitrogen and oxygen atoms in total. The number of rotatable bonds is 5. The molecule has 0 aromatic heterocycles. The summed E-state index contributed by atoms with van der Waals surface area (Å²) in [6.07, 6.45) is 6.49. The van der Waals surface area contributed by atoms with Gasteiger partial charge in [0.2, 0.25) is 0 Å². The van der Waals surface area contributed by atoms with Crippen molar-refractivity contribution in [2.75, 3.05) is 6.54 Å². The minimum atomic E-state index is 0.884. The van der Waals surface area contributed by atoms with Crippen LogP contribution in [0.2, 0.25) is 0 Å². The molecule has 1 aliphatic carbocycles. The van der Waals surface area contributed by atoms with Gasteiger partial charge in [0.05, 0.1) is 0 Å². The van der Waals surface area contributed by atoms with Gasteiger partial charge in [-0.1, -0.05) is 19.8 Å². The first-order valence-corrected chi connectivity index (χ1v) is 3.96. The van der Waals surface area contributed by atoms with Crippen LogP contribution in [-0.4, -0.2) is 12.6 Å². The molecule has 0 bridgehead atoms. The van der Waals surface area contributed by atoms with Gasteiger partial charge in [-0.15, -0.1) is 0 Å². The second kappa shape index (κ2) is 3.89. The van der Waals surface area contributed by atoms with E-state index in [4.69, 9.17) is 0 Å². The molecule has 0 amide bonds. The van der Waals surface area contributed by atoms with Gasteiger partial charge in [0.25, 0.3) is 0 Å². The van der Waals surface area contributed by atoms with Crippen molar-refractivity contribution in [1.29, 1.82) is 0 Å². The molecule has 9 heavy (non-hydrogen) atoms. The zero-order valence-corrected chi connectivity index (χ0v) is 6.03. The van der Waals surface area contributed by atoms with Crippen molar-refractivity contribution in [2.45, 2.75) is 38.1 Å². The highest BCUT2D eigenvalue weighted by atomic mass is 14.9. The van der Waals surface area contributed by atoms with Crippen molar-refractivity contribution in [1.82, 2.24) is 5.32 Å². The quantitative estimate of drug-likeness (QED) is 0.553. The average Bonchev–Trinajstić information content (AvgIpc) is 2.63. The molecule has 0 saturated heterocycles. The Labute approximate surface area is 57.8 Å². The molecule has 0 aliphatic heterocycles. The maximum atomic E-state index is 3.79. The Balaban J connectivity index is 1.71. The summed E-state index contributed by atoms with van der Waals surface area (Å²) in [6.45, 7) is 5.00. The van der Waals surface area contributed by atoms with Crippen molar-refractivity contribution < 1.29 is 0 Å². The first-order valence-electron chi connectivity index (χ1n) is 3.96. The topological polar surface area (TPSA) is 12.0 Å². The van der Waals surface area contributed by atoms with E-state index < -0.39 is 0 Å². The Morgan fingerprint density at radius 1 is 1.33 bits per heavy atom. The van der Waals surface area contributed by atoms with Crippen LogP contribution in [0.3, 0.4) is 0 Å². The first-order chi connectivity index (χ1) is 4.43. The molecule has 0 spiro atoms. The molecule has 0 heterocycles. The third-order valence-electron chi connectivity index (χ3n) is 1.69. The van der Waals surface area contributed by atoms with Gasteiger partial charge in [-0.05, 0) is 25.8 Å². The van der Waals surface area contributed by atoms with Crippen molar-refractivity contribution in [3.63, 3.8) is 0 Å². The maximum Gasteiger partial charge on any atom is 0.00682 e. The lowest BCUT2D eigenvalue weighted by molar-refractivity contribution is 0.623. The van der Waals surface area contributed by atoms with Crippen LogP contribution in [0.25, 0.3) is 0 Å². The summed E-state index contributed by atoms with van der Waals surface area (Å²) in [5.41, 5.74) is 0. The van der Waals surface area contributed by atoms with Crippen molar-refractivity contribution >= 4 is 0 Å². The number of nitrogens with one attached hydrogen (secondary N) is 1. The second-order valence-electron chi connectivity index (χ2n) is 2.79. The Morgan fingerprint density at radius 3 is 2.67 bits per heavy atom. The van der Waals surface area contributed by atoms with Crippen LogP contribution in [-0.2, 0) is 0 Å². The van der Waals surface area contributed by atoms with Crippen LogP contribution in [0, 0.1) is 6.92 Å². The van der Waals surface area contributed by atoms with Crippen molar-refractivity contribution in [3.05, 3.63) is 6.92 Å². The second-order valence-corrected chi connectivity index (χ2v) is 2.79.